The molecule has 162 valence electrons. The van der Waals surface area contributed by atoms with Gasteiger partial charge in [-0.25, -0.2) is 13.2 Å². The quantitative estimate of drug-likeness (QED) is 0.592. The van der Waals surface area contributed by atoms with Crippen LogP contribution in [0.25, 0.3) is 0 Å². The summed E-state index contributed by atoms with van der Waals surface area (Å²) in [6, 6.07) is 13.8. The number of amides is 1. The van der Waals surface area contributed by atoms with E-state index in [2.05, 4.69) is 23.9 Å². The summed E-state index contributed by atoms with van der Waals surface area (Å²) in [7, 11) is -3.56. The second-order valence-corrected chi connectivity index (χ2v) is 9.37. The third kappa shape index (κ3) is 7.51. The van der Waals surface area contributed by atoms with Crippen molar-refractivity contribution in [3.63, 3.8) is 0 Å². The number of carbonyl (C=O) groups excluding carboxylic acids is 2. The van der Waals surface area contributed by atoms with E-state index in [0.717, 1.165) is 18.2 Å². The Labute approximate surface area is 177 Å². The van der Waals surface area contributed by atoms with Crippen LogP contribution in [0.1, 0.15) is 48.3 Å². The topological polar surface area (TPSA) is 102 Å². The van der Waals surface area contributed by atoms with Crippen molar-refractivity contribution in [1.29, 1.82) is 0 Å². The zero-order valence-electron chi connectivity index (χ0n) is 17.6. The van der Waals surface area contributed by atoms with Gasteiger partial charge in [0.15, 0.2) is 6.61 Å². The van der Waals surface area contributed by atoms with Crippen LogP contribution in [-0.2, 0) is 26.0 Å². The van der Waals surface area contributed by atoms with E-state index in [4.69, 9.17) is 4.74 Å². The summed E-state index contributed by atoms with van der Waals surface area (Å²) >= 11 is 0. The highest BCUT2D eigenvalue weighted by Gasteiger charge is 2.17. The molecule has 0 aliphatic rings. The van der Waals surface area contributed by atoms with Crippen LogP contribution >= 0.6 is 0 Å². The maximum atomic E-state index is 12.3. The largest absolute Gasteiger partial charge is 0.452 e. The minimum absolute atomic E-state index is 0.0320. The van der Waals surface area contributed by atoms with Crippen LogP contribution in [0.4, 0.5) is 5.69 Å². The van der Waals surface area contributed by atoms with Crippen LogP contribution in [0.15, 0.2) is 48.5 Å². The zero-order chi connectivity index (χ0) is 22.3. The second-order valence-electron chi connectivity index (χ2n) is 7.62. The summed E-state index contributed by atoms with van der Waals surface area (Å²) in [5, 5.41) is 2.79. The van der Waals surface area contributed by atoms with Gasteiger partial charge in [0.1, 0.15) is 0 Å². The first-order valence-electron chi connectivity index (χ1n) is 9.67. The molecule has 2 aromatic carbocycles. The van der Waals surface area contributed by atoms with E-state index < -0.39 is 28.5 Å². The minimum Gasteiger partial charge on any atom is -0.452 e. The molecule has 0 aliphatic heterocycles. The molecule has 1 unspecified atom stereocenters. The summed E-state index contributed by atoms with van der Waals surface area (Å²) < 4.78 is 30.2. The lowest BCUT2D eigenvalue weighted by Crippen LogP contribution is -2.31. The molecule has 1 atom stereocenters. The molecule has 0 saturated carbocycles. The number of anilines is 1. The Bertz CT molecular complexity index is 985. The van der Waals surface area contributed by atoms with Gasteiger partial charge in [-0.15, -0.1) is 0 Å². The normalized spacial score (nSPS) is 12.3. The predicted molar refractivity (Wildman–Crippen MR) is 117 cm³/mol. The summed E-state index contributed by atoms with van der Waals surface area (Å²) in [5.74, 6) is -0.668. The molecular weight excluding hydrogens is 404 g/mol. The van der Waals surface area contributed by atoms with Gasteiger partial charge in [0.25, 0.3) is 5.91 Å². The fourth-order valence-electron chi connectivity index (χ4n) is 2.94. The number of benzene rings is 2. The lowest BCUT2D eigenvalue weighted by atomic mass is 10.00. The van der Waals surface area contributed by atoms with E-state index >= 15 is 0 Å². The Balaban J connectivity index is 1.92. The zero-order valence-corrected chi connectivity index (χ0v) is 18.5. The maximum Gasteiger partial charge on any atom is 0.340 e. The summed E-state index contributed by atoms with van der Waals surface area (Å²) in [6.45, 7) is 5.70. The number of ether oxygens (including phenoxy) is 1. The molecule has 0 bridgehead atoms. The van der Waals surface area contributed by atoms with E-state index in [1.165, 1.54) is 17.7 Å². The average molecular weight is 433 g/mol. The summed E-state index contributed by atoms with van der Waals surface area (Å²) in [5.41, 5.74) is 2.32. The van der Waals surface area contributed by atoms with Gasteiger partial charge in [-0.3, -0.25) is 9.52 Å². The average Bonchev–Trinajstić information content (AvgIpc) is 2.65. The number of hydrogen-bond acceptors (Lipinski definition) is 5. The Morgan fingerprint density at radius 3 is 2.23 bits per heavy atom. The third-order valence-corrected chi connectivity index (χ3v) is 4.87. The number of hydrogen-bond donors (Lipinski definition) is 2. The fraction of sp³-hybridized carbons (Fsp3) is 0.364. The van der Waals surface area contributed by atoms with Crippen LogP contribution in [0, 0.1) is 5.92 Å². The molecule has 0 spiro atoms. The molecule has 2 aromatic rings. The highest BCUT2D eigenvalue weighted by atomic mass is 32.2. The van der Waals surface area contributed by atoms with Gasteiger partial charge in [-0.1, -0.05) is 50.2 Å². The van der Waals surface area contributed by atoms with Crippen LogP contribution in [0.3, 0.4) is 0 Å². The lowest BCUT2D eigenvalue weighted by Gasteiger charge is -2.16. The number of sulfonamides is 1. The first kappa shape index (κ1) is 23.4. The lowest BCUT2D eigenvalue weighted by molar-refractivity contribution is -0.124. The SMILES string of the molecule is CC(C)Cc1ccc(C(C)NC(=O)COC(=O)c2ccccc2NS(C)(=O)=O)cc1. The Morgan fingerprint density at radius 1 is 1.00 bits per heavy atom. The van der Waals surface area contributed by atoms with E-state index in [-0.39, 0.29) is 17.3 Å². The van der Waals surface area contributed by atoms with Gasteiger partial charge in [0.05, 0.1) is 23.5 Å². The van der Waals surface area contributed by atoms with Crippen LogP contribution in [-0.4, -0.2) is 33.2 Å². The molecule has 30 heavy (non-hydrogen) atoms. The minimum atomic E-state index is -3.56. The van der Waals surface area contributed by atoms with Crippen molar-refractivity contribution in [2.24, 2.45) is 5.92 Å². The molecule has 0 radical (unpaired) electrons. The van der Waals surface area contributed by atoms with Gasteiger partial charge in [-0.2, -0.15) is 0 Å². The molecule has 1 amide bonds. The van der Waals surface area contributed by atoms with E-state index in [9.17, 15) is 18.0 Å². The Kier molecular flexibility index (Phi) is 8.00. The summed E-state index contributed by atoms with van der Waals surface area (Å²) in [6.07, 6.45) is 1.98. The third-order valence-electron chi connectivity index (χ3n) is 4.28. The summed E-state index contributed by atoms with van der Waals surface area (Å²) in [4.78, 5) is 24.5. The van der Waals surface area contributed by atoms with Gasteiger partial charge in [-0.05, 0) is 42.5 Å². The van der Waals surface area contributed by atoms with Crippen molar-refractivity contribution >= 4 is 27.6 Å². The highest BCUT2D eigenvalue weighted by molar-refractivity contribution is 7.92. The van der Waals surface area contributed by atoms with Crippen molar-refractivity contribution in [3.05, 3.63) is 65.2 Å². The van der Waals surface area contributed by atoms with Gasteiger partial charge in [0.2, 0.25) is 10.0 Å². The van der Waals surface area contributed by atoms with Crippen molar-refractivity contribution in [3.8, 4) is 0 Å². The van der Waals surface area contributed by atoms with Crippen LogP contribution in [0.5, 0.6) is 0 Å². The molecular formula is C22H28N2O5S. The van der Waals surface area contributed by atoms with Crippen molar-refractivity contribution in [2.75, 3.05) is 17.6 Å². The number of nitrogens with one attached hydrogen (secondary N) is 2. The molecule has 8 heteroatoms. The smallest absolute Gasteiger partial charge is 0.340 e. The molecule has 2 rings (SSSR count). The number of para-hydroxylation sites is 1. The predicted octanol–water partition coefficient (Wildman–Crippen LogP) is 3.29. The first-order valence-corrected chi connectivity index (χ1v) is 11.6. The maximum absolute atomic E-state index is 12.3. The second kappa shape index (κ2) is 10.2. The standard InChI is InChI=1S/C22H28N2O5S/c1-15(2)13-17-9-11-18(12-10-17)16(3)23-21(25)14-29-22(26)19-7-5-6-8-20(19)24-30(4,27)28/h5-12,15-16,24H,13-14H2,1-4H3,(H,23,25). The van der Waals surface area contributed by atoms with E-state index in [0.29, 0.717) is 5.92 Å². The molecule has 0 fully saturated rings. The monoisotopic (exact) mass is 432 g/mol. The van der Waals surface area contributed by atoms with E-state index in [1.807, 2.05) is 31.2 Å². The molecule has 0 heterocycles. The van der Waals surface area contributed by atoms with Crippen molar-refractivity contribution in [2.45, 2.75) is 33.2 Å². The first-order chi connectivity index (χ1) is 14.0. The van der Waals surface area contributed by atoms with Gasteiger partial charge < -0.3 is 10.1 Å². The molecule has 0 aliphatic carbocycles. The Hall–Kier alpha value is -2.87. The number of carbonyl (C=O) groups is 2. The van der Waals surface area contributed by atoms with Crippen molar-refractivity contribution in [1.82, 2.24) is 5.32 Å². The van der Waals surface area contributed by atoms with Gasteiger partial charge >= 0.3 is 5.97 Å². The molecule has 7 nitrogen and oxygen atoms in total. The molecule has 0 aromatic heterocycles. The van der Waals surface area contributed by atoms with Crippen LogP contribution in [0.2, 0.25) is 0 Å². The fourth-order valence-corrected chi connectivity index (χ4v) is 3.52. The van der Waals surface area contributed by atoms with E-state index in [1.54, 1.807) is 12.1 Å². The Morgan fingerprint density at radius 2 is 1.63 bits per heavy atom. The van der Waals surface area contributed by atoms with Crippen molar-refractivity contribution < 1.29 is 22.7 Å². The number of esters is 1. The molecule has 2 N–H and O–H groups in total. The number of rotatable bonds is 9. The van der Waals surface area contributed by atoms with Gasteiger partial charge in [0, 0.05) is 0 Å². The molecule has 0 saturated heterocycles. The van der Waals surface area contributed by atoms with Crippen LogP contribution < -0.4 is 10.0 Å². The highest BCUT2D eigenvalue weighted by Crippen LogP contribution is 2.18.